The molecule has 5 N–H and O–H groups in total. The summed E-state index contributed by atoms with van der Waals surface area (Å²) in [7, 11) is 0. The van der Waals surface area contributed by atoms with Gasteiger partial charge in [-0.15, -0.1) is 11.8 Å². The predicted molar refractivity (Wildman–Crippen MR) is 79.4 cm³/mol. The van der Waals surface area contributed by atoms with Crippen LogP contribution in [0.1, 0.15) is 23.2 Å². The molecule has 1 aromatic rings. The van der Waals surface area contributed by atoms with Crippen LogP contribution >= 0.6 is 11.8 Å². The molecule has 1 atom stereocenters. The van der Waals surface area contributed by atoms with Gasteiger partial charge in [-0.3, -0.25) is 9.59 Å². The molecule has 0 aromatic heterocycles. The summed E-state index contributed by atoms with van der Waals surface area (Å²) in [4.78, 5) is 23.7. The van der Waals surface area contributed by atoms with Crippen LogP contribution in [0.4, 0.5) is 0 Å². The van der Waals surface area contributed by atoms with Crippen molar-refractivity contribution in [2.24, 2.45) is 17.4 Å². The molecule has 1 aromatic carbocycles. The largest absolute Gasteiger partial charge is 0.369 e. The molecule has 0 spiro atoms. The second-order valence-electron chi connectivity index (χ2n) is 4.96. The summed E-state index contributed by atoms with van der Waals surface area (Å²) < 4.78 is 0. The SMILES string of the molecule is NC(=O)CSc1ccccc1C(=O)NCC(N)C1CC1. The Balaban J connectivity index is 1.95. The third kappa shape index (κ3) is 4.25. The minimum Gasteiger partial charge on any atom is -0.369 e. The molecule has 108 valence electrons. The van der Waals surface area contributed by atoms with Crippen LogP contribution in [0.5, 0.6) is 0 Å². The number of nitrogens with one attached hydrogen (secondary N) is 1. The summed E-state index contributed by atoms with van der Waals surface area (Å²) in [6.07, 6.45) is 2.31. The Kier molecular flexibility index (Phi) is 5.03. The number of carbonyl (C=O) groups excluding carboxylic acids is 2. The Hall–Kier alpha value is -1.53. The summed E-state index contributed by atoms with van der Waals surface area (Å²) in [6.45, 7) is 0.484. The Morgan fingerprint density at radius 3 is 2.70 bits per heavy atom. The van der Waals surface area contributed by atoms with E-state index in [4.69, 9.17) is 11.5 Å². The second-order valence-corrected chi connectivity index (χ2v) is 5.98. The highest BCUT2D eigenvalue weighted by atomic mass is 32.2. The van der Waals surface area contributed by atoms with Crippen LogP contribution in [-0.4, -0.2) is 30.2 Å². The molecule has 1 aliphatic rings. The summed E-state index contributed by atoms with van der Waals surface area (Å²) in [5.74, 6) is 0.149. The van der Waals surface area contributed by atoms with Crippen molar-refractivity contribution >= 4 is 23.6 Å². The van der Waals surface area contributed by atoms with Gasteiger partial charge in [0.2, 0.25) is 5.91 Å². The van der Waals surface area contributed by atoms with E-state index >= 15 is 0 Å². The van der Waals surface area contributed by atoms with Gasteiger partial charge in [0.15, 0.2) is 0 Å². The van der Waals surface area contributed by atoms with E-state index < -0.39 is 5.91 Å². The first-order chi connectivity index (χ1) is 9.58. The zero-order valence-electron chi connectivity index (χ0n) is 11.2. The van der Waals surface area contributed by atoms with Crippen molar-refractivity contribution in [3.8, 4) is 0 Å². The van der Waals surface area contributed by atoms with Crippen molar-refractivity contribution in [2.45, 2.75) is 23.8 Å². The number of thioether (sulfide) groups is 1. The van der Waals surface area contributed by atoms with Crippen LogP contribution < -0.4 is 16.8 Å². The fourth-order valence-corrected chi connectivity index (χ4v) is 2.71. The lowest BCUT2D eigenvalue weighted by molar-refractivity contribution is -0.115. The zero-order valence-corrected chi connectivity index (χ0v) is 12.0. The predicted octanol–water partition coefficient (Wildman–Crippen LogP) is 0.731. The average Bonchev–Trinajstić information content (AvgIpc) is 3.27. The average molecular weight is 293 g/mol. The van der Waals surface area contributed by atoms with E-state index in [1.807, 2.05) is 12.1 Å². The van der Waals surface area contributed by atoms with Gasteiger partial charge in [0.25, 0.3) is 5.91 Å². The fraction of sp³-hybridized carbons (Fsp3) is 0.429. The van der Waals surface area contributed by atoms with Crippen LogP contribution in [0, 0.1) is 5.92 Å². The van der Waals surface area contributed by atoms with E-state index in [-0.39, 0.29) is 17.7 Å². The molecule has 2 rings (SSSR count). The molecule has 1 fully saturated rings. The molecule has 1 aliphatic carbocycles. The van der Waals surface area contributed by atoms with E-state index in [0.717, 1.165) is 17.7 Å². The molecule has 1 saturated carbocycles. The minimum atomic E-state index is -0.402. The van der Waals surface area contributed by atoms with Crippen LogP contribution in [0.2, 0.25) is 0 Å². The van der Waals surface area contributed by atoms with E-state index in [1.165, 1.54) is 11.8 Å². The van der Waals surface area contributed by atoms with Gasteiger partial charge in [0, 0.05) is 17.5 Å². The van der Waals surface area contributed by atoms with Crippen molar-refractivity contribution < 1.29 is 9.59 Å². The van der Waals surface area contributed by atoms with Crippen molar-refractivity contribution in [2.75, 3.05) is 12.3 Å². The molecule has 0 radical (unpaired) electrons. The number of primary amides is 1. The maximum absolute atomic E-state index is 12.2. The molecule has 0 aliphatic heterocycles. The molecular formula is C14H19N3O2S. The highest BCUT2D eigenvalue weighted by molar-refractivity contribution is 8.00. The molecule has 2 amide bonds. The molecule has 6 heteroatoms. The molecule has 5 nitrogen and oxygen atoms in total. The maximum Gasteiger partial charge on any atom is 0.252 e. The lowest BCUT2D eigenvalue weighted by Crippen LogP contribution is -2.38. The first-order valence-electron chi connectivity index (χ1n) is 6.62. The number of amides is 2. The minimum absolute atomic E-state index is 0.0318. The molecule has 0 heterocycles. The third-order valence-electron chi connectivity index (χ3n) is 3.23. The Labute approximate surface area is 122 Å². The topological polar surface area (TPSA) is 98.2 Å². The first kappa shape index (κ1) is 14.9. The molecule has 0 saturated heterocycles. The summed E-state index contributed by atoms with van der Waals surface area (Å²) >= 11 is 1.27. The van der Waals surface area contributed by atoms with Crippen LogP contribution in [-0.2, 0) is 4.79 Å². The smallest absolute Gasteiger partial charge is 0.252 e. The van der Waals surface area contributed by atoms with Gasteiger partial charge in [0.1, 0.15) is 0 Å². The first-order valence-corrected chi connectivity index (χ1v) is 7.60. The summed E-state index contributed by atoms with van der Waals surface area (Å²) in [5, 5.41) is 2.85. The van der Waals surface area contributed by atoms with Gasteiger partial charge < -0.3 is 16.8 Å². The van der Waals surface area contributed by atoms with Gasteiger partial charge >= 0.3 is 0 Å². The monoisotopic (exact) mass is 293 g/mol. The van der Waals surface area contributed by atoms with Crippen LogP contribution in [0.15, 0.2) is 29.2 Å². The lowest BCUT2D eigenvalue weighted by atomic mass is 10.2. The zero-order chi connectivity index (χ0) is 14.5. The lowest BCUT2D eigenvalue weighted by Gasteiger charge is -2.13. The van der Waals surface area contributed by atoms with E-state index in [0.29, 0.717) is 18.0 Å². The number of hydrogen-bond acceptors (Lipinski definition) is 4. The van der Waals surface area contributed by atoms with E-state index in [2.05, 4.69) is 5.32 Å². The Bertz CT molecular complexity index is 503. The third-order valence-corrected chi connectivity index (χ3v) is 4.32. The molecule has 1 unspecified atom stereocenters. The van der Waals surface area contributed by atoms with Gasteiger partial charge in [-0.1, -0.05) is 12.1 Å². The quantitative estimate of drug-likeness (QED) is 0.645. The fourth-order valence-electron chi connectivity index (χ4n) is 1.93. The van der Waals surface area contributed by atoms with E-state index in [1.54, 1.807) is 12.1 Å². The Morgan fingerprint density at radius 2 is 2.05 bits per heavy atom. The normalized spacial score (nSPS) is 15.7. The van der Waals surface area contributed by atoms with Crippen molar-refractivity contribution in [3.63, 3.8) is 0 Å². The molecule has 20 heavy (non-hydrogen) atoms. The number of carbonyl (C=O) groups is 2. The number of rotatable bonds is 7. The molecule has 0 bridgehead atoms. The number of benzene rings is 1. The maximum atomic E-state index is 12.2. The van der Waals surface area contributed by atoms with Crippen LogP contribution in [0.3, 0.4) is 0 Å². The summed E-state index contributed by atoms with van der Waals surface area (Å²) in [6, 6.07) is 7.20. The van der Waals surface area contributed by atoms with Gasteiger partial charge in [-0.05, 0) is 30.9 Å². The van der Waals surface area contributed by atoms with Gasteiger partial charge in [0.05, 0.1) is 11.3 Å². The van der Waals surface area contributed by atoms with Crippen molar-refractivity contribution in [1.29, 1.82) is 0 Å². The van der Waals surface area contributed by atoms with Crippen molar-refractivity contribution in [1.82, 2.24) is 5.32 Å². The molecular weight excluding hydrogens is 274 g/mol. The highest BCUT2D eigenvalue weighted by Gasteiger charge is 2.28. The second kappa shape index (κ2) is 6.76. The van der Waals surface area contributed by atoms with Gasteiger partial charge in [-0.2, -0.15) is 0 Å². The van der Waals surface area contributed by atoms with Gasteiger partial charge in [-0.25, -0.2) is 0 Å². The standard InChI is InChI=1S/C14H19N3O2S/c15-11(9-5-6-9)7-17-14(19)10-3-1-2-4-12(10)20-8-13(16)18/h1-4,9,11H,5-8,15H2,(H2,16,18)(H,17,19). The number of nitrogens with two attached hydrogens (primary N) is 2. The van der Waals surface area contributed by atoms with Crippen LogP contribution in [0.25, 0.3) is 0 Å². The Morgan fingerprint density at radius 1 is 1.35 bits per heavy atom. The summed E-state index contributed by atoms with van der Waals surface area (Å²) in [5.41, 5.74) is 11.6. The highest BCUT2D eigenvalue weighted by Crippen LogP contribution is 2.31. The van der Waals surface area contributed by atoms with E-state index in [9.17, 15) is 9.59 Å². The van der Waals surface area contributed by atoms with Crippen molar-refractivity contribution in [3.05, 3.63) is 29.8 Å². The number of hydrogen-bond donors (Lipinski definition) is 3.